The number of aromatic nitrogens is 4. The van der Waals surface area contributed by atoms with E-state index in [1.807, 2.05) is 32.4 Å². The van der Waals surface area contributed by atoms with Crippen LogP contribution in [0.25, 0.3) is 0 Å². The fourth-order valence-electron chi connectivity index (χ4n) is 1.63. The van der Waals surface area contributed by atoms with Crippen LogP contribution < -0.4 is 5.32 Å². The van der Waals surface area contributed by atoms with E-state index in [0.29, 0.717) is 12.4 Å². The van der Waals surface area contributed by atoms with Crippen molar-refractivity contribution in [2.75, 3.05) is 0 Å². The Labute approximate surface area is 100 Å². The number of rotatable bonds is 4. The van der Waals surface area contributed by atoms with Gasteiger partial charge in [-0.1, -0.05) is 0 Å². The molecule has 0 aliphatic heterocycles. The van der Waals surface area contributed by atoms with Gasteiger partial charge in [0.25, 0.3) is 0 Å². The van der Waals surface area contributed by atoms with Crippen LogP contribution in [-0.4, -0.2) is 19.7 Å². The summed E-state index contributed by atoms with van der Waals surface area (Å²) in [6.45, 7) is 6.47. The van der Waals surface area contributed by atoms with Gasteiger partial charge in [-0.3, -0.25) is 5.32 Å². The minimum absolute atomic E-state index is 0.106. The lowest BCUT2D eigenvalue weighted by Crippen LogP contribution is -2.21. The van der Waals surface area contributed by atoms with Gasteiger partial charge in [0.15, 0.2) is 0 Å². The first-order valence-corrected chi connectivity index (χ1v) is 5.58. The molecule has 0 aliphatic rings. The predicted molar refractivity (Wildman–Crippen MR) is 62.2 cm³/mol. The maximum Gasteiger partial charge on any atom is 0.208 e. The third-order valence-electron chi connectivity index (χ3n) is 2.77. The first-order valence-electron chi connectivity index (χ1n) is 5.58. The van der Waals surface area contributed by atoms with Crippen molar-refractivity contribution in [3.8, 4) is 0 Å². The molecule has 2 aromatic rings. The van der Waals surface area contributed by atoms with Crippen LogP contribution in [0.4, 0.5) is 0 Å². The summed E-state index contributed by atoms with van der Waals surface area (Å²) < 4.78 is 7.39. The molecule has 0 aromatic carbocycles. The average Bonchev–Trinajstić information content (AvgIpc) is 2.83. The Bertz CT molecular complexity index is 482. The Kier molecular flexibility index (Phi) is 3.23. The molecule has 6 heteroatoms. The van der Waals surface area contributed by atoms with Crippen molar-refractivity contribution in [1.82, 2.24) is 25.1 Å². The Morgan fingerprint density at radius 2 is 2.24 bits per heavy atom. The summed E-state index contributed by atoms with van der Waals surface area (Å²) in [5, 5.41) is 11.2. The maximum atomic E-state index is 5.50. The van der Waals surface area contributed by atoms with E-state index in [1.165, 1.54) is 0 Å². The summed E-state index contributed by atoms with van der Waals surface area (Å²) in [5.41, 5.74) is 0.938. The smallest absolute Gasteiger partial charge is 0.208 e. The summed E-state index contributed by atoms with van der Waals surface area (Å²) in [7, 11) is 1.92. The fourth-order valence-corrected chi connectivity index (χ4v) is 1.63. The number of oxazole rings is 1. The Balaban J connectivity index is 1.97. The molecule has 2 heterocycles. The summed E-state index contributed by atoms with van der Waals surface area (Å²) >= 11 is 0. The molecular weight excluding hydrogens is 218 g/mol. The molecule has 0 saturated carbocycles. The SMILES string of the molecule is Cc1nc(CNC(C)c2nncn2C)oc1C. The van der Waals surface area contributed by atoms with Crippen LogP contribution in [0.15, 0.2) is 10.7 Å². The van der Waals surface area contributed by atoms with Crippen LogP contribution in [0.1, 0.15) is 36.1 Å². The van der Waals surface area contributed by atoms with E-state index in [4.69, 9.17) is 4.42 Å². The van der Waals surface area contributed by atoms with Gasteiger partial charge in [-0.05, 0) is 20.8 Å². The van der Waals surface area contributed by atoms with Gasteiger partial charge in [0.05, 0.1) is 18.3 Å². The summed E-state index contributed by atoms with van der Waals surface area (Å²) in [6.07, 6.45) is 1.69. The van der Waals surface area contributed by atoms with Gasteiger partial charge < -0.3 is 8.98 Å². The normalized spacial score (nSPS) is 12.9. The van der Waals surface area contributed by atoms with Crippen molar-refractivity contribution in [2.24, 2.45) is 7.05 Å². The predicted octanol–water partition coefficient (Wildman–Crippen LogP) is 1.27. The van der Waals surface area contributed by atoms with E-state index in [-0.39, 0.29) is 6.04 Å². The summed E-state index contributed by atoms with van der Waals surface area (Å²) in [5.74, 6) is 2.46. The second-order valence-electron chi connectivity index (χ2n) is 4.15. The monoisotopic (exact) mass is 235 g/mol. The van der Waals surface area contributed by atoms with Crippen LogP contribution in [-0.2, 0) is 13.6 Å². The zero-order valence-electron chi connectivity index (χ0n) is 10.6. The van der Waals surface area contributed by atoms with Crippen molar-refractivity contribution in [3.63, 3.8) is 0 Å². The van der Waals surface area contributed by atoms with Gasteiger partial charge in [0.2, 0.25) is 5.89 Å². The van der Waals surface area contributed by atoms with E-state index in [1.54, 1.807) is 6.33 Å². The zero-order chi connectivity index (χ0) is 12.4. The number of aryl methyl sites for hydroxylation is 3. The Morgan fingerprint density at radius 3 is 2.76 bits per heavy atom. The number of nitrogens with zero attached hydrogens (tertiary/aromatic N) is 4. The number of hydrogen-bond donors (Lipinski definition) is 1. The highest BCUT2D eigenvalue weighted by Crippen LogP contribution is 2.11. The van der Waals surface area contributed by atoms with Crippen molar-refractivity contribution < 1.29 is 4.42 Å². The molecule has 1 N–H and O–H groups in total. The lowest BCUT2D eigenvalue weighted by molar-refractivity contribution is 0.424. The van der Waals surface area contributed by atoms with Crippen LogP contribution >= 0.6 is 0 Å². The van der Waals surface area contributed by atoms with Crippen LogP contribution in [0.3, 0.4) is 0 Å². The largest absolute Gasteiger partial charge is 0.444 e. The van der Waals surface area contributed by atoms with Crippen LogP contribution in [0, 0.1) is 13.8 Å². The molecule has 6 nitrogen and oxygen atoms in total. The standard InChI is InChI=1S/C11H17N5O/c1-7-9(3)17-10(14-7)5-12-8(2)11-15-13-6-16(11)4/h6,8,12H,5H2,1-4H3. The highest BCUT2D eigenvalue weighted by atomic mass is 16.4. The molecule has 2 rings (SSSR count). The number of nitrogens with one attached hydrogen (secondary N) is 1. The van der Waals surface area contributed by atoms with Crippen LogP contribution in [0.5, 0.6) is 0 Å². The lowest BCUT2D eigenvalue weighted by atomic mass is 10.3. The van der Waals surface area contributed by atoms with E-state index in [0.717, 1.165) is 17.3 Å². The summed E-state index contributed by atoms with van der Waals surface area (Å²) in [6, 6.07) is 0.106. The molecule has 17 heavy (non-hydrogen) atoms. The van der Waals surface area contributed by atoms with E-state index in [9.17, 15) is 0 Å². The fraction of sp³-hybridized carbons (Fsp3) is 0.545. The third-order valence-corrected chi connectivity index (χ3v) is 2.77. The average molecular weight is 235 g/mol. The molecule has 92 valence electrons. The second kappa shape index (κ2) is 4.67. The molecule has 0 aliphatic carbocycles. The van der Waals surface area contributed by atoms with Crippen molar-refractivity contribution in [2.45, 2.75) is 33.4 Å². The molecule has 0 radical (unpaired) electrons. The molecule has 0 bridgehead atoms. The second-order valence-corrected chi connectivity index (χ2v) is 4.15. The lowest BCUT2D eigenvalue weighted by Gasteiger charge is -2.10. The van der Waals surface area contributed by atoms with Crippen LogP contribution in [0.2, 0.25) is 0 Å². The molecular formula is C11H17N5O. The Hall–Kier alpha value is -1.69. The Morgan fingerprint density at radius 1 is 1.47 bits per heavy atom. The molecule has 2 aromatic heterocycles. The minimum Gasteiger partial charge on any atom is -0.444 e. The highest BCUT2D eigenvalue weighted by molar-refractivity contribution is 5.05. The maximum absolute atomic E-state index is 5.50. The first kappa shape index (κ1) is 11.8. The van der Waals surface area contributed by atoms with Gasteiger partial charge in [-0.15, -0.1) is 10.2 Å². The van der Waals surface area contributed by atoms with E-state index >= 15 is 0 Å². The molecule has 0 fully saturated rings. The van der Waals surface area contributed by atoms with Crippen molar-refractivity contribution in [1.29, 1.82) is 0 Å². The van der Waals surface area contributed by atoms with Gasteiger partial charge in [0.1, 0.15) is 17.9 Å². The summed E-state index contributed by atoms with van der Waals surface area (Å²) in [4.78, 5) is 4.31. The van der Waals surface area contributed by atoms with Crippen molar-refractivity contribution >= 4 is 0 Å². The zero-order valence-corrected chi connectivity index (χ0v) is 10.6. The van der Waals surface area contributed by atoms with E-state index in [2.05, 4.69) is 20.5 Å². The van der Waals surface area contributed by atoms with Gasteiger partial charge >= 0.3 is 0 Å². The van der Waals surface area contributed by atoms with Gasteiger partial charge in [-0.25, -0.2) is 4.98 Å². The topological polar surface area (TPSA) is 68.8 Å². The molecule has 1 atom stereocenters. The van der Waals surface area contributed by atoms with Gasteiger partial charge in [0, 0.05) is 7.05 Å². The quantitative estimate of drug-likeness (QED) is 0.864. The molecule has 0 spiro atoms. The van der Waals surface area contributed by atoms with Crippen molar-refractivity contribution in [3.05, 3.63) is 29.5 Å². The minimum atomic E-state index is 0.106. The molecule has 0 amide bonds. The number of hydrogen-bond acceptors (Lipinski definition) is 5. The molecule has 0 saturated heterocycles. The van der Waals surface area contributed by atoms with E-state index < -0.39 is 0 Å². The van der Waals surface area contributed by atoms with Gasteiger partial charge in [-0.2, -0.15) is 0 Å². The molecule has 1 unspecified atom stereocenters. The highest BCUT2D eigenvalue weighted by Gasteiger charge is 2.12. The first-order chi connectivity index (χ1) is 8.08. The third kappa shape index (κ3) is 2.52.